The molecule has 0 aliphatic rings. The zero-order valence-corrected chi connectivity index (χ0v) is 16.5. The van der Waals surface area contributed by atoms with Gasteiger partial charge in [0.25, 0.3) is 0 Å². The number of hydrogen-bond acceptors (Lipinski definition) is 3. The van der Waals surface area contributed by atoms with Crippen LogP contribution in [-0.2, 0) is 4.79 Å². The molecular weight excluding hydrogens is 404 g/mol. The molecule has 0 amide bonds. The van der Waals surface area contributed by atoms with Gasteiger partial charge in [0.2, 0.25) is 0 Å². The predicted molar refractivity (Wildman–Crippen MR) is 112 cm³/mol. The number of carbonyl (C=O) groups excluding carboxylic acids is 1. The smallest absolute Gasteiger partial charge is 0.336 e. The van der Waals surface area contributed by atoms with Gasteiger partial charge in [0, 0.05) is 6.08 Å². The SMILES string of the molecule is CCOc1ccc(/C=C/C(=O)Oc2ccc(-c3ccccc3)cc2Br)cc1. The average molecular weight is 423 g/mol. The highest BCUT2D eigenvalue weighted by Crippen LogP contribution is 2.30. The normalized spacial score (nSPS) is 10.7. The molecule has 4 heteroatoms. The summed E-state index contributed by atoms with van der Waals surface area (Å²) in [6.07, 6.45) is 3.12. The van der Waals surface area contributed by atoms with Crippen molar-refractivity contribution in [3.63, 3.8) is 0 Å². The Morgan fingerprint density at radius 2 is 1.70 bits per heavy atom. The maximum Gasteiger partial charge on any atom is 0.336 e. The Kier molecular flexibility index (Phi) is 6.44. The van der Waals surface area contributed by atoms with Crippen LogP contribution in [-0.4, -0.2) is 12.6 Å². The first-order valence-electron chi connectivity index (χ1n) is 8.63. The molecule has 0 unspecified atom stereocenters. The first kappa shape index (κ1) is 18.9. The van der Waals surface area contributed by atoms with E-state index in [1.807, 2.05) is 73.7 Å². The van der Waals surface area contributed by atoms with Gasteiger partial charge < -0.3 is 9.47 Å². The van der Waals surface area contributed by atoms with Gasteiger partial charge in [-0.2, -0.15) is 0 Å². The summed E-state index contributed by atoms with van der Waals surface area (Å²) in [7, 11) is 0. The van der Waals surface area contributed by atoms with Crippen LogP contribution in [0.4, 0.5) is 0 Å². The lowest BCUT2D eigenvalue weighted by Gasteiger charge is -2.07. The fraction of sp³-hybridized carbons (Fsp3) is 0.0870. The van der Waals surface area contributed by atoms with Crippen molar-refractivity contribution < 1.29 is 14.3 Å². The molecule has 0 aliphatic carbocycles. The second-order valence-corrected chi connectivity index (χ2v) is 6.62. The lowest BCUT2D eigenvalue weighted by molar-refractivity contribution is -0.128. The summed E-state index contributed by atoms with van der Waals surface area (Å²) in [6.45, 7) is 2.56. The molecule has 0 radical (unpaired) electrons. The minimum atomic E-state index is -0.433. The summed E-state index contributed by atoms with van der Waals surface area (Å²) in [6, 6.07) is 23.2. The largest absolute Gasteiger partial charge is 0.494 e. The van der Waals surface area contributed by atoms with Gasteiger partial charge in [-0.1, -0.05) is 48.5 Å². The zero-order chi connectivity index (χ0) is 19.1. The fourth-order valence-corrected chi connectivity index (χ4v) is 3.00. The minimum Gasteiger partial charge on any atom is -0.494 e. The molecule has 0 saturated carbocycles. The summed E-state index contributed by atoms with van der Waals surface area (Å²) >= 11 is 3.48. The van der Waals surface area contributed by atoms with Crippen molar-refractivity contribution in [3.05, 3.63) is 88.9 Å². The van der Waals surface area contributed by atoms with Crippen molar-refractivity contribution in [1.82, 2.24) is 0 Å². The van der Waals surface area contributed by atoms with Gasteiger partial charge >= 0.3 is 5.97 Å². The minimum absolute atomic E-state index is 0.433. The van der Waals surface area contributed by atoms with E-state index in [1.54, 1.807) is 12.1 Å². The van der Waals surface area contributed by atoms with Crippen molar-refractivity contribution in [1.29, 1.82) is 0 Å². The van der Waals surface area contributed by atoms with Crippen LogP contribution in [0.3, 0.4) is 0 Å². The molecule has 0 atom stereocenters. The summed E-state index contributed by atoms with van der Waals surface area (Å²) in [5.74, 6) is 0.854. The van der Waals surface area contributed by atoms with E-state index in [9.17, 15) is 4.79 Å². The van der Waals surface area contributed by atoms with Crippen LogP contribution in [0.1, 0.15) is 12.5 Å². The molecule has 0 bridgehead atoms. The number of halogens is 1. The maximum absolute atomic E-state index is 12.1. The highest BCUT2D eigenvalue weighted by atomic mass is 79.9. The fourth-order valence-electron chi connectivity index (χ4n) is 2.54. The van der Waals surface area contributed by atoms with E-state index in [2.05, 4.69) is 15.9 Å². The summed E-state index contributed by atoms with van der Waals surface area (Å²) in [5.41, 5.74) is 3.05. The summed E-state index contributed by atoms with van der Waals surface area (Å²) in [4.78, 5) is 12.1. The van der Waals surface area contributed by atoms with E-state index in [4.69, 9.17) is 9.47 Å². The van der Waals surface area contributed by atoms with Gasteiger partial charge in [-0.25, -0.2) is 4.79 Å². The van der Waals surface area contributed by atoms with Crippen molar-refractivity contribution >= 4 is 28.0 Å². The van der Waals surface area contributed by atoms with E-state index in [1.165, 1.54) is 6.08 Å². The Bertz CT molecular complexity index is 932. The molecule has 0 spiro atoms. The van der Waals surface area contributed by atoms with Crippen LogP contribution < -0.4 is 9.47 Å². The van der Waals surface area contributed by atoms with E-state index in [0.29, 0.717) is 12.4 Å². The Morgan fingerprint density at radius 1 is 0.963 bits per heavy atom. The first-order valence-corrected chi connectivity index (χ1v) is 9.43. The van der Waals surface area contributed by atoms with Crippen LogP contribution in [0, 0.1) is 0 Å². The van der Waals surface area contributed by atoms with E-state index in [-0.39, 0.29) is 0 Å². The quantitative estimate of drug-likeness (QED) is 0.272. The van der Waals surface area contributed by atoms with Gasteiger partial charge in [0.15, 0.2) is 0 Å². The van der Waals surface area contributed by atoms with Gasteiger partial charge in [-0.15, -0.1) is 0 Å². The van der Waals surface area contributed by atoms with E-state index < -0.39 is 5.97 Å². The van der Waals surface area contributed by atoms with Crippen LogP contribution in [0.15, 0.2) is 83.3 Å². The zero-order valence-electron chi connectivity index (χ0n) is 14.9. The molecule has 0 aliphatic heterocycles. The third-order valence-corrected chi connectivity index (χ3v) is 4.47. The van der Waals surface area contributed by atoms with Gasteiger partial charge in [-0.05, 0) is 69.9 Å². The summed E-state index contributed by atoms with van der Waals surface area (Å²) < 4.78 is 11.6. The van der Waals surface area contributed by atoms with Crippen LogP contribution in [0.5, 0.6) is 11.5 Å². The Hall–Kier alpha value is -2.85. The number of carbonyl (C=O) groups is 1. The van der Waals surface area contributed by atoms with Crippen molar-refractivity contribution in [2.24, 2.45) is 0 Å². The molecular formula is C23H19BrO3. The second-order valence-electron chi connectivity index (χ2n) is 5.77. The summed E-state index contributed by atoms with van der Waals surface area (Å²) in [5, 5.41) is 0. The molecule has 0 heterocycles. The van der Waals surface area contributed by atoms with Crippen LogP contribution >= 0.6 is 15.9 Å². The third-order valence-electron chi connectivity index (χ3n) is 3.85. The molecule has 3 nitrogen and oxygen atoms in total. The molecule has 27 heavy (non-hydrogen) atoms. The molecule has 3 aromatic rings. The topological polar surface area (TPSA) is 35.5 Å². The second kappa shape index (κ2) is 9.19. The molecule has 0 saturated heterocycles. The highest BCUT2D eigenvalue weighted by Gasteiger charge is 2.07. The molecule has 0 aromatic heterocycles. The van der Waals surface area contributed by atoms with Crippen molar-refractivity contribution in [3.8, 4) is 22.6 Å². The van der Waals surface area contributed by atoms with E-state index in [0.717, 1.165) is 26.9 Å². The lowest BCUT2D eigenvalue weighted by atomic mass is 10.1. The molecule has 3 aromatic carbocycles. The number of hydrogen-bond donors (Lipinski definition) is 0. The number of rotatable bonds is 6. The van der Waals surface area contributed by atoms with Crippen LogP contribution in [0.25, 0.3) is 17.2 Å². The first-order chi connectivity index (χ1) is 13.2. The average Bonchev–Trinajstić information content (AvgIpc) is 2.70. The number of esters is 1. The molecule has 3 rings (SSSR count). The monoisotopic (exact) mass is 422 g/mol. The molecule has 0 N–H and O–H groups in total. The van der Waals surface area contributed by atoms with Gasteiger partial charge in [0.05, 0.1) is 11.1 Å². The molecule has 136 valence electrons. The Labute approximate surface area is 167 Å². The molecule has 0 fully saturated rings. The van der Waals surface area contributed by atoms with Crippen molar-refractivity contribution in [2.45, 2.75) is 6.92 Å². The van der Waals surface area contributed by atoms with Crippen molar-refractivity contribution in [2.75, 3.05) is 6.61 Å². The predicted octanol–water partition coefficient (Wildman–Crippen LogP) is 6.13. The Balaban J connectivity index is 1.65. The third kappa shape index (κ3) is 5.31. The standard InChI is InChI=1S/C23H19BrO3/c1-2-26-20-12-8-17(9-13-20)10-15-23(25)27-22-14-11-19(16-21(22)24)18-6-4-3-5-7-18/h3-16H,2H2,1H3/b15-10+. The maximum atomic E-state index is 12.1. The van der Waals surface area contributed by atoms with Crippen LogP contribution in [0.2, 0.25) is 0 Å². The Morgan fingerprint density at radius 3 is 2.37 bits per heavy atom. The number of ether oxygens (including phenoxy) is 2. The lowest BCUT2D eigenvalue weighted by Crippen LogP contribution is -2.04. The van der Waals surface area contributed by atoms with Gasteiger partial charge in [0.1, 0.15) is 11.5 Å². The highest BCUT2D eigenvalue weighted by molar-refractivity contribution is 9.10. The number of benzene rings is 3. The van der Waals surface area contributed by atoms with Gasteiger partial charge in [-0.3, -0.25) is 0 Å². The van der Waals surface area contributed by atoms with E-state index >= 15 is 0 Å².